The van der Waals surface area contributed by atoms with Crippen LogP contribution >= 0.6 is 15.9 Å². The topological polar surface area (TPSA) is 65.7 Å². The van der Waals surface area contributed by atoms with E-state index >= 15 is 0 Å². The van der Waals surface area contributed by atoms with E-state index in [4.69, 9.17) is 13.9 Å². The molecule has 0 spiro atoms. The zero-order chi connectivity index (χ0) is 18.4. The van der Waals surface area contributed by atoms with Crippen LogP contribution in [0.3, 0.4) is 0 Å². The van der Waals surface area contributed by atoms with Gasteiger partial charge in [-0.15, -0.1) is 0 Å². The Morgan fingerprint density at radius 2 is 2.12 bits per heavy atom. The Kier molecular flexibility index (Phi) is 7.29. The fourth-order valence-corrected chi connectivity index (χ4v) is 3.52. The van der Waals surface area contributed by atoms with Gasteiger partial charge in [0.25, 0.3) is 0 Å². The molecule has 6 heteroatoms. The zero-order valence-electron chi connectivity index (χ0n) is 14.9. The summed E-state index contributed by atoms with van der Waals surface area (Å²) in [4.78, 5) is 23.7. The van der Waals surface area contributed by atoms with E-state index in [1.54, 1.807) is 12.1 Å². The maximum Gasteiger partial charge on any atom is 0.344 e. The molecule has 0 amide bonds. The van der Waals surface area contributed by atoms with Crippen molar-refractivity contribution in [3.05, 3.63) is 28.6 Å². The number of carbonyl (C=O) groups excluding carboxylic acids is 2. The van der Waals surface area contributed by atoms with E-state index in [-0.39, 0.29) is 12.7 Å². The monoisotopic (exact) mass is 412 g/mol. The summed E-state index contributed by atoms with van der Waals surface area (Å²) in [5, 5.41) is 0. The van der Waals surface area contributed by atoms with Crippen LogP contribution in [-0.4, -0.2) is 24.6 Å². The quantitative estimate of drug-likeness (QED) is 0.504. The van der Waals surface area contributed by atoms with Gasteiger partial charge in [0.15, 0.2) is 11.3 Å². The summed E-state index contributed by atoms with van der Waals surface area (Å²) in [6, 6.07) is 3.43. The van der Waals surface area contributed by atoms with E-state index < -0.39 is 11.9 Å². The lowest BCUT2D eigenvalue weighted by molar-refractivity contribution is -0.165. The summed E-state index contributed by atoms with van der Waals surface area (Å²) in [7, 11) is 0. The van der Waals surface area contributed by atoms with Gasteiger partial charge in [-0.1, -0.05) is 27.2 Å². The summed E-state index contributed by atoms with van der Waals surface area (Å²) in [5.41, 5.74) is 0. The molecule has 5 nitrogen and oxygen atoms in total. The zero-order valence-corrected chi connectivity index (χ0v) is 16.5. The average molecular weight is 413 g/mol. The molecule has 1 fully saturated rings. The third-order valence-electron chi connectivity index (χ3n) is 4.55. The SMILES string of the molecule is CC(C)[C@@H]1CC[C@H](C)C[C@H]1OC(=O)COC(=O)/C=C/c1ccc(Br)o1. The third kappa shape index (κ3) is 6.34. The first-order chi connectivity index (χ1) is 11.8. The summed E-state index contributed by atoms with van der Waals surface area (Å²) in [6.07, 6.45) is 5.72. The highest BCUT2D eigenvalue weighted by atomic mass is 79.9. The van der Waals surface area contributed by atoms with Crippen LogP contribution in [-0.2, 0) is 19.1 Å². The average Bonchev–Trinajstić information content (AvgIpc) is 2.96. The number of hydrogen-bond acceptors (Lipinski definition) is 5. The van der Waals surface area contributed by atoms with Gasteiger partial charge >= 0.3 is 11.9 Å². The van der Waals surface area contributed by atoms with Crippen molar-refractivity contribution in [3.63, 3.8) is 0 Å². The molecule has 1 aliphatic rings. The largest absolute Gasteiger partial charge is 0.460 e. The number of furan rings is 1. The molecule has 1 saturated carbocycles. The fraction of sp³-hybridized carbons (Fsp3) is 0.579. The van der Waals surface area contributed by atoms with Crippen molar-refractivity contribution in [1.29, 1.82) is 0 Å². The lowest BCUT2D eigenvalue weighted by atomic mass is 9.75. The van der Waals surface area contributed by atoms with Gasteiger partial charge in [-0.25, -0.2) is 9.59 Å². The molecule has 1 heterocycles. The Morgan fingerprint density at radius 1 is 1.36 bits per heavy atom. The lowest BCUT2D eigenvalue weighted by Gasteiger charge is -2.36. The van der Waals surface area contributed by atoms with Crippen molar-refractivity contribution < 1.29 is 23.5 Å². The maximum absolute atomic E-state index is 12.0. The van der Waals surface area contributed by atoms with E-state index in [0.29, 0.717) is 28.2 Å². The first kappa shape index (κ1) is 19.8. The van der Waals surface area contributed by atoms with Gasteiger partial charge in [-0.2, -0.15) is 0 Å². The van der Waals surface area contributed by atoms with Crippen LogP contribution < -0.4 is 0 Å². The molecule has 1 aromatic heterocycles. The standard InChI is InChI=1S/C19H25BrO5/c1-12(2)15-7-4-13(3)10-16(15)25-19(22)11-23-18(21)9-6-14-5-8-17(20)24-14/h5-6,8-9,12-13,15-16H,4,7,10-11H2,1-3H3/b9-6+/t13-,15-,16+/m0/s1. The molecule has 0 N–H and O–H groups in total. The van der Waals surface area contributed by atoms with Crippen molar-refractivity contribution in [2.24, 2.45) is 17.8 Å². The second kappa shape index (κ2) is 9.22. The van der Waals surface area contributed by atoms with Crippen molar-refractivity contribution in [1.82, 2.24) is 0 Å². The molecule has 138 valence electrons. The number of carbonyl (C=O) groups is 2. The van der Waals surface area contributed by atoms with Crippen molar-refractivity contribution >= 4 is 33.9 Å². The summed E-state index contributed by atoms with van der Waals surface area (Å²) < 4.78 is 16.3. The number of rotatable bonds is 6. The van der Waals surface area contributed by atoms with E-state index in [0.717, 1.165) is 12.8 Å². The highest BCUT2D eigenvalue weighted by Crippen LogP contribution is 2.35. The van der Waals surface area contributed by atoms with Crippen LogP contribution in [0.15, 0.2) is 27.3 Å². The second-order valence-corrected chi connectivity index (χ2v) is 7.72. The Bertz CT molecular complexity index is 619. The van der Waals surface area contributed by atoms with Gasteiger partial charge in [0.1, 0.15) is 11.9 Å². The van der Waals surface area contributed by atoms with Crippen LogP contribution in [0, 0.1) is 17.8 Å². The predicted octanol–water partition coefficient (Wildman–Crippen LogP) is 4.60. The van der Waals surface area contributed by atoms with E-state index in [1.165, 1.54) is 18.6 Å². The van der Waals surface area contributed by atoms with Gasteiger partial charge in [0.05, 0.1) is 0 Å². The van der Waals surface area contributed by atoms with Crippen LogP contribution in [0.4, 0.5) is 0 Å². The predicted molar refractivity (Wildman–Crippen MR) is 97.6 cm³/mol. The molecule has 0 radical (unpaired) electrons. The van der Waals surface area contributed by atoms with Crippen molar-refractivity contribution in [2.75, 3.05) is 6.61 Å². The first-order valence-electron chi connectivity index (χ1n) is 8.64. The van der Waals surface area contributed by atoms with Gasteiger partial charge in [-0.05, 0) is 64.7 Å². The molecule has 3 atom stereocenters. The van der Waals surface area contributed by atoms with Crippen LogP contribution in [0.5, 0.6) is 0 Å². The second-order valence-electron chi connectivity index (χ2n) is 6.94. The van der Waals surface area contributed by atoms with Gasteiger partial charge in [0, 0.05) is 6.08 Å². The maximum atomic E-state index is 12.0. The van der Waals surface area contributed by atoms with Crippen LogP contribution in [0.2, 0.25) is 0 Å². The molecule has 0 aromatic carbocycles. The minimum absolute atomic E-state index is 0.0917. The number of esters is 2. The summed E-state index contributed by atoms with van der Waals surface area (Å²) in [5.74, 6) is 0.791. The minimum atomic E-state index is -0.609. The molecule has 1 aliphatic carbocycles. The van der Waals surface area contributed by atoms with Crippen molar-refractivity contribution in [2.45, 2.75) is 46.1 Å². The molecular formula is C19H25BrO5. The highest BCUT2D eigenvalue weighted by molar-refractivity contribution is 9.10. The Morgan fingerprint density at radius 3 is 2.76 bits per heavy atom. The summed E-state index contributed by atoms with van der Waals surface area (Å²) in [6.45, 7) is 6.11. The highest BCUT2D eigenvalue weighted by Gasteiger charge is 2.33. The molecule has 0 aliphatic heterocycles. The van der Waals surface area contributed by atoms with Gasteiger partial charge in [-0.3, -0.25) is 0 Å². The molecule has 0 unspecified atom stereocenters. The molecule has 25 heavy (non-hydrogen) atoms. The van der Waals surface area contributed by atoms with Crippen LogP contribution in [0.1, 0.15) is 45.8 Å². The number of hydrogen-bond donors (Lipinski definition) is 0. The number of halogens is 1. The lowest BCUT2D eigenvalue weighted by Crippen LogP contribution is -2.36. The van der Waals surface area contributed by atoms with Crippen molar-refractivity contribution in [3.8, 4) is 0 Å². The van der Waals surface area contributed by atoms with Gasteiger partial charge in [0.2, 0.25) is 0 Å². The fourth-order valence-electron chi connectivity index (χ4n) is 3.20. The third-order valence-corrected chi connectivity index (χ3v) is 4.98. The van der Waals surface area contributed by atoms with E-state index in [9.17, 15) is 9.59 Å². The first-order valence-corrected chi connectivity index (χ1v) is 9.44. The Balaban J connectivity index is 1.79. The number of ether oxygens (including phenoxy) is 2. The Labute approximate surface area is 156 Å². The van der Waals surface area contributed by atoms with E-state index in [1.807, 2.05) is 0 Å². The summed E-state index contributed by atoms with van der Waals surface area (Å²) >= 11 is 3.18. The van der Waals surface area contributed by atoms with Crippen LogP contribution in [0.25, 0.3) is 6.08 Å². The van der Waals surface area contributed by atoms with Gasteiger partial charge < -0.3 is 13.9 Å². The van der Waals surface area contributed by atoms with E-state index in [2.05, 4.69) is 36.7 Å². The molecule has 0 bridgehead atoms. The molecular weight excluding hydrogens is 388 g/mol. The molecule has 2 rings (SSSR count). The smallest absolute Gasteiger partial charge is 0.344 e. The minimum Gasteiger partial charge on any atom is -0.460 e. The molecule has 1 aromatic rings. The Hall–Kier alpha value is -1.56. The molecule has 0 saturated heterocycles. The normalized spacial score (nSPS) is 23.8.